The van der Waals surface area contributed by atoms with Gasteiger partial charge in [-0.05, 0) is 66.9 Å². The number of carbonyl (C=O) groups excluding carboxylic acids is 1. The molecule has 2 aromatic heterocycles. The maximum atomic E-state index is 13.0. The van der Waals surface area contributed by atoms with Gasteiger partial charge in [-0.1, -0.05) is 18.2 Å². The van der Waals surface area contributed by atoms with E-state index in [-0.39, 0.29) is 11.9 Å². The topological polar surface area (TPSA) is 51.3 Å². The maximum absolute atomic E-state index is 13.0. The largest absolute Gasteiger partial charge is 0.454 e. The molecular formula is C20H20BrN3O2. The van der Waals surface area contributed by atoms with E-state index in [4.69, 9.17) is 4.42 Å². The van der Waals surface area contributed by atoms with Crippen molar-refractivity contribution in [1.29, 1.82) is 0 Å². The highest BCUT2D eigenvalue weighted by atomic mass is 79.9. The Morgan fingerprint density at radius 2 is 2.04 bits per heavy atom. The van der Waals surface area contributed by atoms with E-state index in [0.717, 1.165) is 28.0 Å². The smallest absolute Gasteiger partial charge is 0.294 e. The molecule has 0 radical (unpaired) electrons. The Morgan fingerprint density at radius 1 is 1.27 bits per heavy atom. The van der Waals surface area contributed by atoms with E-state index in [1.165, 1.54) is 5.56 Å². The Balaban J connectivity index is 1.58. The van der Waals surface area contributed by atoms with E-state index in [0.29, 0.717) is 18.1 Å². The molecule has 1 atom stereocenters. The molecule has 3 heterocycles. The van der Waals surface area contributed by atoms with Crippen LogP contribution in [0.5, 0.6) is 0 Å². The Kier molecular flexibility index (Phi) is 4.23. The van der Waals surface area contributed by atoms with Crippen molar-refractivity contribution in [2.24, 2.45) is 0 Å². The van der Waals surface area contributed by atoms with Gasteiger partial charge in [0.25, 0.3) is 5.91 Å². The normalized spacial score (nSPS) is 16.2. The van der Waals surface area contributed by atoms with Crippen LogP contribution in [0.4, 0.5) is 5.69 Å². The van der Waals surface area contributed by atoms with Crippen LogP contribution in [0.15, 0.2) is 45.3 Å². The van der Waals surface area contributed by atoms with Crippen LogP contribution >= 0.6 is 15.9 Å². The van der Waals surface area contributed by atoms with Crippen LogP contribution in [0.25, 0.3) is 0 Å². The standard InChI is InChI=1S/C20H20BrN3O2/c1-12-10-15-6-4-5-7-17(15)24(12)20(25)18-9-8-16(26-18)11-23-14(3)19(21)13(2)22-23/h4-9,12H,10-11H2,1-3H3/t12-/m0/s1. The summed E-state index contributed by atoms with van der Waals surface area (Å²) in [6.07, 6.45) is 0.870. The molecule has 134 valence electrons. The van der Waals surface area contributed by atoms with E-state index < -0.39 is 0 Å². The van der Waals surface area contributed by atoms with Crippen molar-refractivity contribution in [3.63, 3.8) is 0 Å². The highest BCUT2D eigenvalue weighted by Gasteiger charge is 2.32. The third kappa shape index (κ3) is 2.78. The summed E-state index contributed by atoms with van der Waals surface area (Å²) in [4.78, 5) is 14.8. The van der Waals surface area contributed by atoms with Gasteiger partial charge in [0.15, 0.2) is 5.76 Å². The molecule has 5 nitrogen and oxygen atoms in total. The number of nitrogens with zero attached hydrogens (tertiary/aromatic N) is 3. The van der Waals surface area contributed by atoms with Gasteiger partial charge in [-0.3, -0.25) is 9.48 Å². The number of halogens is 1. The molecule has 1 amide bonds. The summed E-state index contributed by atoms with van der Waals surface area (Å²) in [6.45, 7) is 6.52. The third-order valence-electron chi connectivity index (χ3n) is 4.90. The van der Waals surface area contributed by atoms with Crippen LogP contribution in [0.3, 0.4) is 0 Å². The predicted molar refractivity (Wildman–Crippen MR) is 104 cm³/mol. The van der Waals surface area contributed by atoms with Crippen molar-refractivity contribution < 1.29 is 9.21 Å². The molecule has 0 spiro atoms. The number of aromatic nitrogens is 2. The second-order valence-electron chi connectivity index (χ2n) is 6.77. The third-order valence-corrected chi connectivity index (χ3v) is 6.04. The molecule has 0 bridgehead atoms. The average molecular weight is 414 g/mol. The number of rotatable bonds is 3. The number of para-hydroxylation sites is 1. The first kappa shape index (κ1) is 17.1. The van der Waals surface area contributed by atoms with E-state index >= 15 is 0 Å². The van der Waals surface area contributed by atoms with Crippen LogP contribution in [-0.4, -0.2) is 21.7 Å². The van der Waals surface area contributed by atoms with E-state index in [2.05, 4.69) is 34.0 Å². The number of aryl methyl sites for hydroxylation is 1. The van der Waals surface area contributed by atoms with Crippen molar-refractivity contribution >= 4 is 27.5 Å². The Bertz CT molecular complexity index is 989. The van der Waals surface area contributed by atoms with Gasteiger partial charge >= 0.3 is 0 Å². The lowest BCUT2D eigenvalue weighted by Crippen LogP contribution is -2.35. The van der Waals surface area contributed by atoms with E-state index in [9.17, 15) is 4.79 Å². The quantitative estimate of drug-likeness (QED) is 0.635. The zero-order valence-corrected chi connectivity index (χ0v) is 16.6. The molecule has 0 N–H and O–H groups in total. The van der Waals surface area contributed by atoms with Crippen LogP contribution in [-0.2, 0) is 13.0 Å². The second-order valence-corrected chi connectivity index (χ2v) is 7.56. The minimum atomic E-state index is -0.0942. The fourth-order valence-electron chi connectivity index (χ4n) is 3.55. The van der Waals surface area contributed by atoms with Crippen molar-refractivity contribution in [1.82, 2.24) is 9.78 Å². The summed E-state index contributed by atoms with van der Waals surface area (Å²) in [5.41, 5.74) is 4.15. The first-order valence-electron chi connectivity index (χ1n) is 8.65. The number of fused-ring (bicyclic) bond motifs is 1. The van der Waals surface area contributed by atoms with Gasteiger partial charge in [-0.15, -0.1) is 0 Å². The van der Waals surface area contributed by atoms with E-state index in [1.54, 1.807) is 6.07 Å². The molecule has 0 unspecified atom stereocenters. The van der Waals surface area contributed by atoms with Crippen molar-refractivity contribution in [3.05, 3.63) is 69.3 Å². The highest BCUT2D eigenvalue weighted by Crippen LogP contribution is 2.33. The number of amides is 1. The van der Waals surface area contributed by atoms with Crippen LogP contribution in [0, 0.1) is 13.8 Å². The summed E-state index contributed by atoms with van der Waals surface area (Å²) in [6, 6.07) is 11.8. The number of benzene rings is 1. The van der Waals surface area contributed by atoms with Gasteiger partial charge in [-0.25, -0.2) is 0 Å². The monoisotopic (exact) mass is 413 g/mol. The number of furan rings is 1. The summed E-state index contributed by atoms with van der Waals surface area (Å²) < 4.78 is 8.74. The van der Waals surface area contributed by atoms with Crippen molar-refractivity contribution in [2.45, 2.75) is 39.8 Å². The van der Waals surface area contributed by atoms with Gasteiger partial charge in [-0.2, -0.15) is 5.10 Å². The van der Waals surface area contributed by atoms with Crippen LogP contribution < -0.4 is 4.90 Å². The van der Waals surface area contributed by atoms with Crippen molar-refractivity contribution in [3.8, 4) is 0 Å². The minimum absolute atomic E-state index is 0.0942. The van der Waals surface area contributed by atoms with Gasteiger partial charge in [0.1, 0.15) is 5.76 Å². The molecule has 0 fully saturated rings. The molecule has 0 saturated carbocycles. The van der Waals surface area contributed by atoms with Gasteiger partial charge in [0, 0.05) is 11.7 Å². The fraction of sp³-hybridized carbons (Fsp3) is 0.300. The zero-order valence-electron chi connectivity index (χ0n) is 15.0. The molecule has 0 aliphatic carbocycles. The molecule has 1 aromatic carbocycles. The van der Waals surface area contributed by atoms with Crippen molar-refractivity contribution in [2.75, 3.05) is 4.90 Å². The molecule has 6 heteroatoms. The first-order chi connectivity index (χ1) is 12.5. The summed E-state index contributed by atoms with van der Waals surface area (Å²) >= 11 is 3.53. The summed E-state index contributed by atoms with van der Waals surface area (Å²) in [5.74, 6) is 0.985. The minimum Gasteiger partial charge on any atom is -0.454 e. The molecule has 3 aromatic rings. The Morgan fingerprint density at radius 3 is 2.77 bits per heavy atom. The molecular weight excluding hydrogens is 394 g/mol. The lowest BCUT2D eigenvalue weighted by Gasteiger charge is -2.21. The molecule has 1 aliphatic rings. The fourth-order valence-corrected chi connectivity index (χ4v) is 3.83. The molecule has 1 aliphatic heterocycles. The zero-order chi connectivity index (χ0) is 18.4. The van der Waals surface area contributed by atoms with Gasteiger partial charge in [0.05, 0.1) is 22.4 Å². The number of anilines is 1. The second kappa shape index (κ2) is 6.43. The SMILES string of the molecule is Cc1nn(Cc2ccc(C(=O)N3c4ccccc4C[C@@H]3C)o2)c(C)c1Br. The van der Waals surface area contributed by atoms with Gasteiger partial charge in [0.2, 0.25) is 0 Å². The van der Waals surface area contributed by atoms with Crippen LogP contribution in [0.1, 0.15) is 40.2 Å². The van der Waals surface area contributed by atoms with Crippen LogP contribution in [0.2, 0.25) is 0 Å². The first-order valence-corrected chi connectivity index (χ1v) is 9.44. The molecule has 4 rings (SSSR count). The number of hydrogen-bond donors (Lipinski definition) is 0. The molecule has 26 heavy (non-hydrogen) atoms. The Labute approximate surface area is 160 Å². The number of hydrogen-bond acceptors (Lipinski definition) is 3. The van der Waals surface area contributed by atoms with E-state index in [1.807, 2.05) is 47.7 Å². The maximum Gasteiger partial charge on any atom is 0.294 e. The summed E-state index contributed by atoms with van der Waals surface area (Å²) in [5, 5.41) is 4.49. The number of carbonyl (C=O) groups is 1. The predicted octanol–water partition coefficient (Wildman–Crippen LogP) is 4.50. The molecule has 0 saturated heterocycles. The lowest BCUT2D eigenvalue weighted by atomic mass is 10.1. The Hall–Kier alpha value is -2.34. The van der Waals surface area contributed by atoms with Gasteiger partial charge < -0.3 is 9.32 Å². The summed E-state index contributed by atoms with van der Waals surface area (Å²) in [7, 11) is 0. The lowest BCUT2D eigenvalue weighted by molar-refractivity contribution is 0.0952. The average Bonchev–Trinajstić information content (AvgIpc) is 3.28. The highest BCUT2D eigenvalue weighted by molar-refractivity contribution is 9.10.